The Hall–Kier alpha value is -3.28. The fourth-order valence-corrected chi connectivity index (χ4v) is 3.18. The molecule has 0 radical (unpaired) electrons. The van der Waals surface area contributed by atoms with Crippen LogP contribution in [0.1, 0.15) is 51.8 Å². The number of imide groups is 1. The van der Waals surface area contributed by atoms with Gasteiger partial charge < -0.3 is 5.32 Å². The molecule has 0 spiro atoms. The lowest BCUT2D eigenvalue weighted by Crippen LogP contribution is -2.50. The molecule has 0 saturated carbocycles. The molecule has 2 aromatic rings. The molecule has 1 aliphatic rings. The maximum atomic E-state index is 12.9. The number of amides is 3. The Bertz CT molecular complexity index is 896. The highest BCUT2D eigenvalue weighted by Gasteiger charge is 2.43. The summed E-state index contributed by atoms with van der Waals surface area (Å²) >= 11 is 0. The molecule has 138 valence electrons. The Morgan fingerprint density at radius 2 is 1.41 bits per heavy atom. The molecule has 0 bridgehead atoms. The number of ketones is 1. The monoisotopic (exact) mass is 364 g/mol. The van der Waals surface area contributed by atoms with Crippen molar-refractivity contribution in [1.29, 1.82) is 0 Å². The lowest BCUT2D eigenvalue weighted by Gasteiger charge is -2.28. The fraction of sp³-hybridized carbons (Fsp3) is 0.238. The van der Waals surface area contributed by atoms with Gasteiger partial charge in [-0.15, -0.1) is 0 Å². The molecule has 6 heteroatoms. The van der Waals surface area contributed by atoms with Crippen LogP contribution in [-0.2, 0) is 4.79 Å². The molecule has 0 fully saturated rings. The number of fused-ring (bicyclic) bond motifs is 1. The van der Waals surface area contributed by atoms with Crippen molar-refractivity contribution in [3.05, 3.63) is 65.2 Å². The Morgan fingerprint density at radius 3 is 1.85 bits per heavy atom. The number of rotatable bonds is 5. The predicted octanol–water partition coefficient (Wildman–Crippen LogP) is 3.15. The summed E-state index contributed by atoms with van der Waals surface area (Å²) in [7, 11) is 0. The van der Waals surface area contributed by atoms with Crippen LogP contribution in [0.5, 0.6) is 0 Å². The second-order valence-corrected chi connectivity index (χ2v) is 6.84. The largest absolute Gasteiger partial charge is 0.324 e. The van der Waals surface area contributed by atoms with Crippen LogP contribution in [0.25, 0.3) is 0 Å². The van der Waals surface area contributed by atoms with Gasteiger partial charge in [0.25, 0.3) is 11.8 Å². The summed E-state index contributed by atoms with van der Waals surface area (Å²) in [5.41, 5.74) is 1.65. The second kappa shape index (κ2) is 7.15. The molecule has 2 aromatic carbocycles. The summed E-state index contributed by atoms with van der Waals surface area (Å²) in [5.74, 6) is -1.72. The van der Waals surface area contributed by atoms with Crippen LogP contribution in [0.3, 0.4) is 0 Å². The molecule has 1 N–H and O–H groups in total. The number of Topliss-reactive ketones (excluding diaryl/α,β-unsaturated/α-hetero) is 1. The van der Waals surface area contributed by atoms with Gasteiger partial charge in [0, 0.05) is 11.3 Å². The molecular formula is C21H20N2O4. The van der Waals surface area contributed by atoms with Crippen molar-refractivity contribution >= 4 is 29.2 Å². The van der Waals surface area contributed by atoms with Gasteiger partial charge in [-0.05, 0) is 49.2 Å². The number of carbonyl (C=O) groups excluding carboxylic acids is 4. The van der Waals surface area contributed by atoms with Crippen LogP contribution in [0.4, 0.5) is 5.69 Å². The van der Waals surface area contributed by atoms with E-state index in [0.29, 0.717) is 22.4 Å². The summed E-state index contributed by atoms with van der Waals surface area (Å²) in [5, 5.41) is 2.74. The van der Waals surface area contributed by atoms with Crippen molar-refractivity contribution in [1.82, 2.24) is 4.90 Å². The normalized spacial score (nSPS) is 14.3. The van der Waals surface area contributed by atoms with Crippen molar-refractivity contribution in [2.75, 3.05) is 5.32 Å². The summed E-state index contributed by atoms with van der Waals surface area (Å²) in [4.78, 5) is 50.7. The number of hydrogen-bond acceptors (Lipinski definition) is 4. The van der Waals surface area contributed by atoms with Crippen molar-refractivity contribution in [3.8, 4) is 0 Å². The first-order valence-corrected chi connectivity index (χ1v) is 8.70. The van der Waals surface area contributed by atoms with E-state index in [-0.39, 0.29) is 11.7 Å². The zero-order valence-electron chi connectivity index (χ0n) is 15.4. The summed E-state index contributed by atoms with van der Waals surface area (Å²) in [6.45, 7) is 5.03. The van der Waals surface area contributed by atoms with Gasteiger partial charge in [-0.25, -0.2) is 0 Å². The smallest absolute Gasteiger partial charge is 0.262 e. The molecular weight excluding hydrogens is 344 g/mol. The van der Waals surface area contributed by atoms with E-state index in [1.165, 1.54) is 6.92 Å². The lowest BCUT2D eigenvalue weighted by molar-refractivity contribution is -0.121. The number of anilines is 1. The first-order chi connectivity index (χ1) is 12.8. The molecule has 3 amide bonds. The Labute approximate surface area is 157 Å². The van der Waals surface area contributed by atoms with Crippen LogP contribution in [0.2, 0.25) is 0 Å². The Balaban J connectivity index is 1.86. The Morgan fingerprint density at radius 1 is 0.889 bits per heavy atom. The third kappa shape index (κ3) is 3.38. The van der Waals surface area contributed by atoms with Gasteiger partial charge in [-0.2, -0.15) is 0 Å². The zero-order chi connectivity index (χ0) is 19.7. The standard InChI is InChI=1S/C21H20N2O4/c1-12(2)18(19(25)22-15-10-8-14(9-11-15)13(3)24)23-20(26)16-6-4-5-7-17(16)21(23)27/h4-12,18H,1-3H3,(H,22,25). The lowest BCUT2D eigenvalue weighted by atomic mass is 10.0. The molecule has 1 heterocycles. The van der Waals surface area contributed by atoms with Crippen molar-refractivity contribution in [2.24, 2.45) is 5.92 Å². The second-order valence-electron chi connectivity index (χ2n) is 6.84. The molecule has 0 saturated heterocycles. The van der Waals surface area contributed by atoms with E-state index in [1.54, 1.807) is 62.4 Å². The van der Waals surface area contributed by atoms with Gasteiger partial charge in [-0.1, -0.05) is 26.0 Å². The zero-order valence-corrected chi connectivity index (χ0v) is 15.4. The van der Waals surface area contributed by atoms with E-state index in [9.17, 15) is 19.2 Å². The molecule has 1 unspecified atom stereocenters. The van der Waals surface area contributed by atoms with Crippen LogP contribution in [0.15, 0.2) is 48.5 Å². The maximum absolute atomic E-state index is 12.9. The predicted molar refractivity (Wildman–Crippen MR) is 101 cm³/mol. The van der Waals surface area contributed by atoms with E-state index in [2.05, 4.69) is 5.32 Å². The molecule has 3 rings (SSSR count). The van der Waals surface area contributed by atoms with E-state index in [0.717, 1.165) is 4.90 Å². The molecule has 0 aromatic heterocycles. The minimum Gasteiger partial charge on any atom is -0.324 e. The van der Waals surface area contributed by atoms with Gasteiger partial charge in [0.05, 0.1) is 11.1 Å². The molecule has 6 nitrogen and oxygen atoms in total. The Kier molecular flexibility index (Phi) is 4.90. The number of carbonyl (C=O) groups is 4. The van der Waals surface area contributed by atoms with Crippen molar-refractivity contribution < 1.29 is 19.2 Å². The molecule has 1 aliphatic heterocycles. The first-order valence-electron chi connectivity index (χ1n) is 8.70. The fourth-order valence-electron chi connectivity index (χ4n) is 3.18. The molecule has 1 atom stereocenters. The number of nitrogens with zero attached hydrogens (tertiary/aromatic N) is 1. The van der Waals surface area contributed by atoms with E-state index < -0.39 is 23.8 Å². The third-order valence-electron chi connectivity index (χ3n) is 4.56. The third-order valence-corrected chi connectivity index (χ3v) is 4.56. The van der Waals surface area contributed by atoms with Gasteiger partial charge in [0.2, 0.25) is 5.91 Å². The van der Waals surface area contributed by atoms with Gasteiger partial charge in [-0.3, -0.25) is 24.1 Å². The highest BCUT2D eigenvalue weighted by atomic mass is 16.2. The van der Waals surface area contributed by atoms with Crippen molar-refractivity contribution in [2.45, 2.75) is 26.8 Å². The van der Waals surface area contributed by atoms with Gasteiger partial charge >= 0.3 is 0 Å². The minimum atomic E-state index is -0.940. The number of benzene rings is 2. The first kappa shape index (κ1) is 18.5. The van der Waals surface area contributed by atoms with Crippen molar-refractivity contribution in [3.63, 3.8) is 0 Å². The quantitative estimate of drug-likeness (QED) is 0.652. The molecule has 0 aliphatic carbocycles. The van der Waals surface area contributed by atoms with Crippen LogP contribution in [0, 0.1) is 5.92 Å². The SMILES string of the molecule is CC(=O)c1ccc(NC(=O)C(C(C)C)N2C(=O)c3ccccc3C2=O)cc1. The maximum Gasteiger partial charge on any atom is 0.262 e. The van der Waals surface area contributed by atoms with E-state index in [1.807, 2.05) is 0 Å². The summed E-state index contributed by atoms with van der Waals surface area (Å²) < 4.78 is 0. The van der Waals surface area contributed by atoms with E-state index >= 15 is 0 Å². The molecule has 27 heavy (non-hydrogen) atoms. The highest BCUT2D eigenvalue weighted by molar-refractivity contribution is 6.23. The highest BCUT2D eigenvalue weighted by Crippen LogP contribution is 2.27. The van der Waals surface area contributed by atoms with Gasteiger partial charge in [0.1, 0.15) is 6.04 Å². The van der Waals surface area contributed by atoms with Gasteiger partial charge in [0.15, 0.2) is 5.78 Å². The average Bonchev–Trinajstić information content (AvgIpc) is 2.88. The van der Waals surface area contributed by atoms with Crippen LogP contribution < -0.4 is 5.32 Å². The topological polar surface area (TPSA) is 83.6 Å². The summed E-state index contributed by atoms with van der Waals surface area (Å²) in [6.07, 6.45) is 0. The minimum absolute atomic E-state index is 0.0704. The summed E-state index contributed by atoms with van der Waals surface area (Å²) in [6, 6.07) is 12.1. The number of hydrogen-bond donors (Lipinski definition) is 1. The average molecular weight is 364 g/mol. The van der Waals surface area contributed by atoms with Crippen LogP contribution >= 0.6 is 0 Å². The van der Waals surface area contributed by atoms with Crippen LogP contribution in [-0.4, -0.2) is 34.4 Å². The van der Waals surface area contributed by atoms with E-state index in [4.69, 9.17) is 0 Å². The number of nitrogens with one attached hydrogen (secondary N) is 1.